The van der Waals surface area contributed by atoms with Gasteiger partial charge in [-0.1, -0.05) is 19.3 Å². The Labute approximate surface area is 170 Å². The van der Waals surface area contributed by atoms with Crippen molar-refractivity contribution in [2.75, 3.05) is 12.8 Å². The van der Waals surface area contributed by atoms with Gasteiger partial charge in [0.15, 0.2) is 0 Å². The van der Waals surface area contributed by atoms with E-state index in [1.807, 2.05) is 30.3 Å². The average Bonchev–Trinajstić information content (AvgIpc) is 3.13. The molecule has 1 amide bonds. The Bertz CT molecular complexity index is 872. The molecular formula is C22H27N3O2S. The van der Waals surface area contributed by atoms with E-state index < -0.39 is 0 Å². The molecule has 148 valence electrons. The lowest BCUT2D eigenvalue weighted by Gasteiger charge is -2.35. The Morgan fingerprint density at radius 2 is 1.93 bits per heavy atom. The van der Waals surface area contributed by atoms with Crippen LogP contribution in [-0.4, -0.2) is 18.7 Å². The molecule has 1 aromatic heterocycles. The molecule has 2 aromatic rings. The van der Waals surface area contributed by atoms with E-state index >= 15 is 0 Å². The number of hydrogen-bond acceptors (Lipinski definition) is 5. The highest BCUT2D eigenvalue weighted by atomic mass is 32.1. The van der Waals surface area contributed by atoms with Crippen molar-refractivity contribution in [2.24, 2.45) is 16.9 Å². The largest absolute Gasteiger partial charge is 0.497 e. The van der Waals surface area contributed by atoms with Crippen molar-refractivity contribution in [3.63, 3.8) is 0 Å². The van der Waals surface area contributed by atoms with Gasteiger partial charge in [-0.15, -0.1) is 11.3 Å². The van der Waals surface area contributed by atoms with Crippen LogP contribution in [0.2, 0.25) is 0 Å². The van der Waals surface area contributed by atoms with Crippen LogP contribution in [0.15, 0.2) is 35.4 Å². The molecule has 0 saturated heterocycles. The third kappa shape index (κ3) is 4.07. The van der Waals surface area contributed by atoms with E-state index in [-0.39, 0.29) is 5.91 Å². The molecule has 1 heterocycles. The molecule has 4 rings (SSSR count). The summed E-state index contributed by atoms with van der Waals surface area (Å²) in [6.07, 6.45) is 8.62. The molecule has 5 nitrogen and oxygen atoms in total. The van der Waals surface area contributed by atoms with Gasteiger partial charge in [0, 0.05) is 10.6 Å². The topological polar surface area (TPSA) is 76.7 Å². The van der Waals surface area contributed by atoms with Crippen molar-refractivity contribution in [3.8, 4) is 16.2 Å². The molecule has 0 bridgehead atoms. The van der Waals surface area contributed by atoms with Crippen LogP contribution in [0.3, 0.4) is 0 Å². The first-order chi connectivity index (χ1) is 13.6. The van der Waals surface area contributed by atoms with Crippen molar-refractivity contribution in [2.45, 2.75) is 44.9 Å². The van der Waals surface area contributed by atoms with Crippen molar-refractivity contribution < 1.29 is 9.53 Å². The number of thiophene rings is 1. The van der Waals surface area contributed by atoms with E-state index in [9.17, 15) is 4.79 Å². The highest BCUT2D eigenvalue weighted by molar-refractivity contribution is 7.18. The number of hydrazone groups is 1. The van der Waals surface area contributed by atoms with Crippen molar-refractivity contribution in [1.29, 1.82) is 0 Å². The van der Waals surface area contributed by atoms with Gasteiger partial charge in [-0.2, -0.15) is 5.10 Å². The number of methoxy groups -OCH3 is 1. The number of ether oxygens (including phenoxy) is 1. The van der Waals surface area contributed by atoms with Crippen LogP contribution < -0.4 is 15.9 Å². The number of hydrogen-bond donors (Lipinski definition) is 2. The van der Waals surface area contributed by atoms with Crippen LogP contribution in [0.4, 0.5) is 5.69 Å². The summed E-state index contributed by atoms with van der Waals surface area (Å²) in [6.45, 7) is 0. The van der Waals surface area contributed by atoms with Gasteiger partial charge < -0.3 is 10.5 Å². The van der Waals surface area contributed by atoms with E-state index in [0.717, 1.165) is 46.6 Å². The summed E-state index contributed by atoms with van der Waals surface area (Å²) in [6, 6.07) is 9.59. The first-order valence-electron chi connectivity index (χ1n) is 10.0. The molecule has 2 aliphatic carbocycles. The standard InChI is InChI=1S/C22H27N3O2S/c1-27-18-10-7-15(8-11-18)20-13-19(23)21(28-20)22(26)25-24-17-9-6-14-4-2-3-5-16(14)12-17/h7-8,10-11,13-14,16H,2-6,9,12,23H2,1H3,(H,25,26)/b24-17-/t14-,16+/m0/s1. The molecule has 28 heavy (non-hydrogen) atoms. The van der Waals surface area contributed by atoms with E-state index in [4.69, 9.17) is 10.5 Å². The second-order valence-corrected chi connectivity index (χ2v) is 8.84. The summed E-state index contributed by atoms with van der Waals surface area (Å²) < 4.78 is 5.19. The van der Waals surface area contributed by atoms with Gasteiger partial charge >= 0.3 is 0 Å². The second kappa shape index (κ2) is 8.35. The second-order valence-electron chi connectivity index (χ2n) is 7.79. The fourth-order valence-electron chi connectivity index (χ4n) is 4.45. The van der Waals surface area contributed by atoms with Crippen LogP contribution in [0.5, 0.6) is 5.75 Å². The summed E-state index contributed by atoms with van der Waals surface area (Å²) in [5.74, 6) is 2.20. The number of carbonyl (C=O) groups is 1. The molecule has 0 radical (unpaired) electrons. The third-order valence-electron chi connectivity index (χ3n) is 6.03. The highest BCUT2D eigenvalue weighted by Crippen LogP contribution is 2.39. The number of rotatable bonds is 4. The minimum absolute atomic E-state index is 0.222. The lowest BCUT2D eigenvalue weighted by atomic mass is 9.70. The molecule has 2 saturated carbocycles. The van der Waals surface area contributed by atoms with Crippen molar-refractivity contribution >= 4 is 28.6 Å². The van der Waals surface area contributed by atoms with E-state index in [1.54, 1.807) is 7.11 Å². The fraction of sp³-hybridized carbons (Fsp3) is 0.455. The first kappa shape index (κ1) is 19.0. The fourth-order valence-corrected chi connectivity index (χ4v) is 5.43. The van der Waals surface area contributed by atoms with Gasteiger partial charge in [-0.3, -0.25) is 4.79 Å². The van der Waals surface area contributed by atoms with Crippen LogP contribution >= 0.6 is 11.3 Å². The molecule has 0 unspecified atom stereocenters. The predicted octanol–water partition coefficient (Wildman–Crippen LogP) is 5.08. The number of nitrogens with two attached hydrogens (primary N) is 1. The molecule has 2 atom stereocenters. The zero-order valence-electron chi connectivity index (χ0n) is 16.2. The molecule has 6 heteroatoms. The smallest absolute Gasteiger partial charge is 0.283 e. The van der Waals surface area contributed by atoms with Gasteiger partial charge in [-0.05, 0) is 73.4 Å². The molecule has 1 aromatic carbocycles. The van der Waals surface area contributed by atoms with Crippen LogP contribution in [0, 0.1) is 11.8 Å². The number of nitrogens with one attached hydrogen (secondary N) is 1. The lowest BCUT2D eigenvalue weighted by molar-refractivity contribution is 0.0959. The zero-order valence-corrected chi connectivity index (χ0v) is 17.1. The summed E-state index contributed by atoms with van der Waals surface area (Å²) in [5.41, 5.74) is 11.5. The van der Waals surface area contributed by atoms with Gasteiger partial charge in [0.05, 0.1) is 12.8 Å². The minimum Gasteiger partial charge on any atom is -0.497 e. The lowest BCUT2D eigenvalue weighted by Crippen LogP contribution is -2.29. The number of nitrogen functional groups attached to an aromatic ring is 1. The first-order valence-corrected chi connectivity index (χ1v) is 10.8. The van der Waals surface area contributed by atoms with Crippen LogP contribution in [0.25, 0.3) is 10.4 Å². The number of amides is 1. The number of benzene rings is 1. The Kier molecular flexibility index (Phi) is 5.67. The van der Waals surface area contributed by atoms with E-state index in [1.165, 1.54) is 43.4 Å². The maximum absolute atomic E-state index is 12.6. The highest BCUT2D eigenvalue weighted by Gasteiger charge is 2.30. The number of anilines is 1. The molecule has 3 N–H and O–H groups in total. The predicted molar refractivity (Wildman–Crippen MR) is 115 cm³/mol. The Morgan fingerprint density at radius 1 is 1.18 bits per heavy atom. The van der Waals surface area contributed by atoms with Crippen molar-refractivity contribution in [1.82, 2.24) is 5.43 Å². The average molecular weight is 398 g/mol. The number of carbonyl (C=O) groups excluding carboxylic acids is 1. The maximum Gasteiger partial charge on any atom is 0.283 e. The van der Waals surface area contributed by atoms with Gasteiger partial charge in [0.1, 0.15) is 10.6 Å². The normalized spacial score (nSPS) is 23.2. The van der Waals surface area contributed by atoms with E-state index in [2.05, 4.69) is 10.5 Å². The maximum atomic E-state index is 12.6. The summed E-state index contributed by atoms with van der Waals surface area (Å²) >= 11 is 1.39. The Hall–Kier alpha value is -2.34. The van der Waals surface area contributed by atoms with Gasteiger partial charge in [0.2, 0.25) is 0 Å². The van der Waals surface area contributed by atoms with Crippen molar-refractivity contribution in [3.05, 3.63) is 35.2 Å². The minimum atomic E-state index is -0.222. The Morgan fingerprint density at radius 3 is 2.68 bits per heavy atom. The van der Waals surface area contributed by atoms with Gasteiger partial charge in [-0.25, -0.2) is 5.43 Å². The molecule has 2 aliphatic rings. The number of fused-ring (bicyclic) bond motifs is 1. The summed E-state index contributed by atoms with van der Waals surface area (Å²) in [5, 5.41) is 4.45. The molecular weight excluding hydrogens is 370 g/mol. The Balaban J connectivity index is 1.42. The monoisotopic (exact) mass is 397 g/mol. The molecule has 0 spiro atoms. The third-order valence-corrected chi connectivity index (χ3v) is 7.22. The van der Waals surface area contributed by atoms with E-state index in [0.29, 0.717) is 10.6 Å². The SMILES string of the molecule is COc1ccc(-c2cc(N)c(C(=O)N/N=C3/CC[C@@H]4CCCC[C@@H]4C3)s2)cc1. The quantitative estimate of drug-likeness (QED) is 0.706. The molecule has 0 aliphatic heterocycles. The zero-order chi connectivity index (χ0) is 19.5. The van der Waals surface area contributed by atoms with Crippen LogP contribution in [-0.2, 0) is 0 Å². The number of nitrogens with zero attached hydrogens (tertiary/aromatic N) is 1. The molecule has 2 fully saturated rings. The van der Waals surface area contributed by atoms with Gasteiger partial charge in [0.25, 0.3) is 5.91 Å². The van der Waals surface area contributed by atoms with Crippen LogP contribution in [0.1, 0.15) is 54.6 Å². The summed E-state index contributed by atoms with van der Waals surface area (Å²) in [4.78, 5) is 14.1. The summed E-state index contributed by atoms with van der Waals surface area (Å²) in [7, 11) is 1.64.